The minimum Gasteiger partial charge on any atom is -0.493 e. The van der Waals surface area contributed by atoms with Crippen LogP contribution in [0.2, 0.25) is 0 Å². The van der Waals surface area contributed by atoms with Gasteiger partial charge in [0.25, 0.3) is 0 Å². The number of unbranched alkanes of at least 4 members (excludes halogenated alkanes) is 1. The lowest BCUT2D eigenvalue weighted by Gasteiger charge is -2.18. The molecule has 0 aliphatic heterocycles. The van der Waals surface area contributed by atoms with Gasteiger partial charge in [-0.25, -0.2) is 4.39 Å². The first kappa shape index (κ1) is 36.8. The van der Waals surface area contributed by atoms with E-state index in [4.69, 9.17) is 23.7 Å². The monoisotopic (exact) mass is 696 g/mol. The lowest BCUT2D eigenvalue weighted by Crippen LogP contribution is -2.14. The number of hydrogen-bond acceptors (Lipinski definition) is 9. The Morgan fingerprint density at radius 1 is 0.804 bits per heavy atom. The van der Waals surface area contributed by atoms with Crippen molar-refractivity contribution in [2.45, 2.75) is 65.4 Å². The van der Waals surface area contributed by atoms with Gasteiger partial charge in [0, 0.05) is 36.1 Å². The summed E-state index contributed by atoms with van der Waals surface area (Å²) in [5.41, 5.74) is 4.55. The average Bonchev–Trinajstić information content (AvgIpc) is 3.68. The molecule has 51 heavy (non-hydrogen) atoms. The fourth-order valence-corrected chi connectivity index (χ4v) is 5.49. The molecule has 0 fully saturated rings. The fraction of sp³-hybridized carbons (Fsp3) is 0.350. The highest BCUT2D eigenvalue weighted by Gasteiger charge is 2.21. The molecule has 0 aliphatic carbocycles. The molecule has 1 heterocycles. The van der Waals surface area contributed by atoms with Crippen LogP contribution in [0.4, 0.5) is 4.39 Å². The molecule has 5 aromatic rings. The number of carbonyl (C=O) groups excluding carboxylic acids is 1. The Hall–Kier alpha value is -5.45. The first-order chi connectivity index (χ1) is 24.9. The summed E-state index contributed by atoms with van der Waals surface area (Å²) in [6.07, 6.45) is 3.66. The summed E-state index contributed by atoms with van der Waals surface area (Å²) in [7, 11) is 0. The summed E-state index contributed by atoms with van der Waals surface area (Å²) in [4.78, 5) is 12.6. The van der Waals surface area contributed by atoms with Gasteiger partial charge in [-0.1, -0.05) is 60.7 Å². The molecule has 0 bridgehead atoms. The van der Waals surface area contributed by atoms with Gasteiger partial charge in [-0.05, 0) is 74.1 Å². The number of H-pyrrole nitrogens is 1. The Bertz CT molecular complexity index is 1800. The van der Waals surface area contributed by atoms with E-state index in [-0.39, 0.29) is 11.8 Å². The number of aromatic amines is 1. The van der Waals surface area contributed by atoms with E-state index in [1.807, 2.05) is 61.5 Å². The molecule has 11 heteroatoms. The summed E-state index contributed by atoms with van der Waals surface area (Å²) >= 11 is 0. The van der Waals surface area contributed by atoms with E-state index in [1.54, 1.807) is 19.1 Å². The van der Waals surface area contributed by atoms with Crippen LogP contribution in [0.5, 0.6) is 23.0 Å². The van der Waals surface area contributed by atoms with E-state index in [9.17, 15) is 9.18 Å². The summed E-state index contributed by atoms with van der Waals surface area (Å²) in [6, 6.07) is 25.9. The van der Waals surface area contributed by atoms with E-state index < -0.39 is 5.92 Å². The molecule has 0 amide bonds. The highest BCUT2D eigenvalue weighted by Crippen LogP contribution is 2.38. The van der Waals surface area contributed by atoms with Gasteiger partial charge in [-0.2, -0.15) is 5.21 Å². The number of ether oxygens (including phenoxy) is 5. The standard InChI is InChI=1S/C40H45FN4O6/c1-4-30-24-35(31-15-17-32(41)18-16-31)38(51-27-29-12-7-6-8-13-29)26-36(30)49-23-11-22-48-33-19-20-34(28(3)40(46)47-5-2)37(25-33)50-21-10-9-14-39-42-44-45-43-39/h6-8,12-13,15-20,24-26,28H,4-5,9-11,14,21-23,27H2,1-3H3,(H,42,43,44,45). The Morgan fingerprint density at radius 3 is 2.31 bits per heavy atom. The molecule has 5 rings (SSSR count). The molecule has 0 saturated carbocycles. The van der Waals surface area contributed by atoms with Crippen LogP contribution in [0.15, 0.2) is 84.9 Å². The fourth-order valence-electron chi connectivity index (χ4n) is 5.49. The number of benzene rings is 4. The molecule has 1 aromatic heterocycles. The third kappa shape index (κ3) is 10.8. The normalized spacial score (nSPS) is 11.5. The molecule has 1 atom stereocenters. The molecule has 0 radical (unpaired) electrons. The summed E-state index contributed by atoms with van der Waals surface area (Å²) in [6.45, 7) is 7.64. The third-order valence-electron chi connectivity index (χ3n) is 8.28. The predicted octanol–water partition coefficient (Wildman–Crippen LogP) is 8.06. The largest absolute Gasteiger partial charge is 0.493 e. The quantitative estimate of drug-likeness (QED) is 0.0637. The van der Waals surface area contributed by atoms with Crippen molar-refractivity contribution >= 4 is 5.97 Å². The summed E-state index contributed by atoms with van der Waals surface area (Å²) in [5, 5.41) is 14.0. The topological polar surface area (TPSA) is 118 Å². The van der Waals surface area contributed by atoms with Crippen LogP contribution in [0.3, 0.4) is 0 Å². The first-order valence-electron chi connectivity index (χ1n) is 17.5. The van der Waals surface area contributed by atoms with Crippen LogP contribution >= 0.6 is 0 Å². The van der Waals surface area contributed by atoms with Gasteiger partial charge < -0.3 is 23.7 Å². The van der Waals surface area contributed by atoms with E-state index in [1.165, 1.54) is 12.1 Å². The Balaban J connectivity index is 1.21. The molecule has 0 aliphatic rings. The lowest BCUT2D eigenvalue weighted by atomic mass is 10.00. The van der Waals surface area contributed by atoms with Crippen LogP contribution in [0.1, 0.15) is 68.5 Å². The number of nitrogens with one attached hydrogen (secondary N) is 1. The Kier molecular flexibility index (Phi) is 13.8. The molecule has 1 unspecified atom stereocenters. The van der Waals surface area contributed by atoms with Gasteiger partial charge in [0.1, 0.15) is 35.4 Å². The second-order valence-electron chi connectivity index (χ2n) is 11.9. The zero-order valence-corrected chi connectivity index (χ0v) is 29.4. The number of carbonyl (C=O) groups is 1. The van der Waals surface area contributed by atoms with Crippen molar-refractivity contribution in [2.75, 3.05) is 26.4 Å². The van der Waals surface area contributed by atoms with Crippen molar-refractivity contribution in [3.63, 3.8) is 0 Å². The van der Waals surface area contributed by atoms with Gasteiger partial charge in [-0.3, -0.25) is 4.79 Å². The Labute approximate surface area is 298 Å². The van der Waals surface area contributed by atoms with Crippen molar-refractivity contribution in [3.8, 4) is 34.1 Å². The number of rotatable bonds is 20. The van der Waals surface area contributed by atoms with Gasteiger partial charge in [0.15, 0.2) is 5.82 Å². The van der Waals surface area contributed by atoms with E-state index in [2.05, 4.69) is 33.6 Å². The first-order valence-corrected chi connectivity index (χ1v) is 17.5. The number of hydrogen-bond donors (Lipinski definition) is 1. The molecule has 4 aromatic carbocycles. The Morgan fingerprint density at radius 2 is 1.57 bits per heavy atom. The third-order valence-corrected chi connectivity index (χ3v) is 8.28. The maximum absolute atomic E-state index is 13.7. The second-order valence-corrected chi connectivity index (χ2v) is 11.9. The number of aromatic nitrogens is 4. The molecule has 0 saturated heterocycles. The van der Waals surface area contributed by atoms with E-state index >= 15 is 0 Å². The van der Waals surface area contributed by atoms with Crippen molar-refractivity contribution in [1.82, 2.24) is 20.6 Å². The zero-order chi connectivity index (χ0) is 35.8. The molecule has 10 nitrogen and oxygen atoms in total. The molecular formula is C40H45FN4O6. The minimum atomic E-state index is -0.495. The van der Waals surface area contributed by atoms with Gasteiger partial charge in [0.05, 0.1) is 32.3 Å². The summed E-state index contributed by atoms with van der Waals surface area (Å²) in [5.74, 6) is 2.18. The highest BCUT2D eigenvalue weighted by molar-refractivity contribution is 5.79. The summed E-state index contributed by atoms with van der Waals surface area (Å²) < 4.78 is 43.9. The smallest absolute Gasteiger partial charge is 0.313 e. The molecule has 268 valence electrons. The van der Waals surface area contributed by atoms with E-state index in [0.29, 0.717) is 68.9 Å². The highest BCUT2D eigenvalue weighted by atomic mass is 19.1. The van der Waals surface area contributed by atoms with Crippen LogP contribution in [0, 0.1) is 5.82 Å². The zero-order valence-electron chi connectivity index (χ0n) is 29.4. The van der Waals surface area contributed by atoms with Crippen molar-refractivity contribution in [2.24, 2.45) is 0 Å². The van der Waals surface area contributed by atoms with Crippen LogP contribution in [-0.4, -0.2) is 53.0 Å². The number of aryl methyl sites for hydroxylation is 2. The number of halogens is 1. The van der Waals surface area contributed by atoms with Crippen molar-refractivity contribution in [3.05, 3.63) is 113 Å². The van der Waals surface area contributed by atoms with Crippen molar-refractivity contribution in [1.29, 1.82) is 0 Å². The lowest BCUT2D eigenvalue weighted by molar-refractivity contribution is -0.144. The number of tetrazole rings is 1. The molecule has 0 spiro atoms. The predicted molar refractivity (Wildman–Crippen MR) is 192 cm³/mol. The average molecular weight is 697 g/mol. The molecular weight excluding hydrogens is 651 g/mol. The molecule has 1 N–H and O–H groups in total. The number of esters is 1. The maximum atomic E-state index is 13.7. The van der Waals surface area contributed by atoms with Gasteiger partial charge in [-0.15, -0.1) is 10.2 Å². The van der Waals surface area contributed by atoms with E-state index in [0.717, 1.165) is 52.8 Å². The van der Waals surface area contributed by atoms with Crippen LogP contribution in [0.25, 0.3) is 11.1 Å². The van der Waals surface area contributed by atoms with Crippen molar-refractivity contribution < 1.29 is 32.9 Å². The maximum Gasteiger partial charge on any atom is 0.313 e. The van der Waals surface area contributed by atoms with Crippen LogP contribution < -0.4 is 18.9 Å². The second kappa shape index (κ2) is 19.1. The van der Waals surface area contributed by atoms with Gasteiger partial charge >= 0.3 is 5.97 Å². The van der Waals surface area contributed by atoms with Gasteiger partial charge in [0.2, 0.25) is 0 Å². The minimum absolute atomic E-state index is 0.289. The van der Waals surface area contributed by atoms with Crippen LogP contribution in [-0.2, 0) is 29.0 Å². The number of nitrogens with zero attached hydrogens (tertiary/aromatic N) is 3. The SMILES string of the molecule is CCOC(=O)C(C)c1ccc(OCCCOc2cc(OCc3ccccc3)c(-c3ccc(F)cc3)cc2CC)cc1OCCCCc1nn[nH]n1.